The molecule has 0 aliphatic carbocycles. The second kappa shape index (κ2) is 37.9. The highest BCUT2D eigenvalue weighted by Crippen LogP contribution is 2.16. The molecule has 0 rings (SSSR count). The Morgan fingerprint density at radius 2 is 0.894 bits per heavy atom. The van der Waals surface area contributed by atoms with Crippen molar-refractivity contribution in [2.45, 2.75) is 244 Å². The van der Waals surface area contributed by atoms with Crippen molar-refractivity contribution < 1.29 is 20.1 Å². The molecule has 0 heterocycles. The Morgan fingerprint density at radius 1 is 0.532 bits per heavy atom. The van der Waals surface area contributed by atoms with Crippen LogP contribution in [0.4, 0.5) is 0 Å². The van der Waals surface area contributed by atoms with Gasteiger partial charge in [0, 0.05) is 0 Å². The number of carbonyl (C=O) groups is 1. The van der Waals surface area contributed by atoms with Gasteiger partial charge in [-0.15, -0.1) is 0 Å². The van der Waals surface area contributed by atoms with Gasteiger partial charge in [0.05, 0.1) is 31.3 Å². The van der Waals surface area contributed by atoms with Gasteiger partial charge in [-0.2, -0.15) is 0 Å². The molecule has 1 amide bonds. The number of aliphatic hydroxyl groups excluding tert-OH is 3. The lowest BCUT2D eigenvalue weighted by Crippen LogP contribution is -2.46. The van der Waals surface area contributed by atoms with Crippen molar-refractivity contribution in [1.82, 2.24) is 5.32 Å². The van der Waals surface area contributed by atoms with Crippen molar-refractivity contribution in [3.05, 3.63) is 12.2 Å². The molecule has 0 aromatic heterocycles. The highest BCUT2D eigenvalue weighted by atomic mass is 16.3. The second-order valence-electron chi connectivity index (χ2n) is 14.6. The van der Waals surface area contributed by atoms with E-state index >= 15 is 0 Å². The molecule has 0 aromatic rings. The zero-order valence-electron chi connectivity index (χ0n) is 31.7. The van der Waals surface area contributed by atoms with E-state index in [1.165, 1.54) is 167 Å². The van der Waals surface area contributed by atoms with Gasteiger partial charge in [0.1, 0.15) is 0 Å². The third kappa shape index (κ3) is 34.7. The quantitative estimate of drug-likeness (QED) is 0.0390. The van der Waals surface area contributed by atoms with Gasteiger partial charge in [-0.1, -0.05) is 206 Å². The first-order valence-corrected chi connectivity index (χ1v) is 21.0. The highest BCUT2D eigenvalue weighted by molar-refractivity contribution is 5.76. The van der Waals surface area contributed by atoms with Gasteiger partial charge >= 0.3 is 0 Å². The molecule has 47 heavy (non-hydrogen) atoms. The lowest BCUT2D eigenvalue weighted by molar-refractivity contribution is -0.125. The molecule has 0 fully saturated rings. The fraction of sp³-hybridized carbons (Fsp3) is 0.929. The summed E-state index contributed by atoms with van der Waals surface area (Å²) < 4.78 is 0. The summed E-state index contributed by atoms with van der Waals surface area (Å²) >= 11 is 0. The number of nitrogens with one attached hydrogen (secondary N) is 1. The van der Waals surface area contributed by atoms with Crippen LogP contribution in [0.3, 0.4) is 0 Å². The first-order valence-electron chi connectivity index (χ1n) is 21.0. The summed E-state index contributed by atoms with van der Waals surface area (Å²) in [6.45, 7) is 4.20. The molecule has 5 heteroatoms. The summed E-state index contributed by atoms with van der Waals surface area (Å²) in [5, 5.41) is 33.0. The molecule has 0 spiro atoms. The van der Waals surface area contributed by atoms with Gasteiger partial charge in [0.25, 0.3) is 0 Å². The Kier molecular flexibility index (Phi) is 37.2. The van der Waals surface area contributed by atoms with Crippen molar-refractivity contribution in [3.8, 4) is 0 Å². The predicted octanol–water partition coefficient (Wildman–Crippen LogP) is 11.7. The zero-order valence-corrected chi connectivity index (χ0v) is 31.7. The van der Waals surface area contributed by atoms with Crippen molar-refractivity contribution in [2.24, 2.45) is 0 Å². The summed E-state index contributed by atoms with van der Waals surface area (Å²) in [6, 6.07) is -0.668. The molecule has 3 atom stereocenters. The van der Waals surface area contributed by atoms with Gasteiger partial charge in [-0.25, -0.2) is 0 Å². The summed E-state index contributed by atoms with van der Waals surface area (Å²) in [7, 11) is 0. The SMILES string of the molecule is CCCCCC/C=C\CC(O)CC(=O)NC(CO)C(O)CCCCCCCCCCCCCCCCCCCCCCCCCCC. The minimum atomic E-state index is -0.756. The minimum absolute atomic E-state index is 0.0110. The third-order valence-corrected chi connectivity index (χ3v) is 9.83. The maximum absolute atomic E-state index is 12.3. The third-order valence-electron chi connectivity index (χ3n) is 9.83. The van der Waals surface area contributed by atoms with Crippen LogP contribution in [0, 0.1) is 0 Å². The van der Waals surface area contributed by atoms with E-state index in [4.69, 9.17) is 0 Å². The molecule has 0 aliphatic rings. The van der Waals surface area contributed by atoms with E-state index in [-0.39, 0.29) is 18.9 Å². The zero-order chi connectivity index (χ0) is 34.5. The van der Waals surface area contributed by atoms with E-state index in [0.29, 0.717) is 12.8 Å². The van der Waals surface area contributed by atoms with Crippen LogP contribution in [-0.4, -0.2) is 46.1 Å². The Labute approximate surface area is 293 Å². The Bertz CT molecular complexity index is 655. The molecular formula is C42H83NO4. The summed E-state index contributed by atoms with van der Waals surface area (Å²) in [5.41, 5.74) is 0. The van der Waals surface area contributed by atoms with Gasteiger partial charge in [-0.05, 0) is 25.7 Å². The van der Waals surface area contributed by atoms with E-state index in [0.717, 1.165) is 25.7 Å². The minimum Gasteiger partial charge on any atom is -0.394 e. The van der Waals surface area contributed by atoms with Crippen LogP contribution in [-0.2, 0) is 4.79 Å². The number of amides is 1. The number of carbonyl (C=O) groups excluding carboxylic acids is 1. The topological polar surface area (TPSA) is 89.8 Å². The Balaban J connectivity index is 3.50. The van der Waals surface area contributed by atoms with Crippen LogP contribution < -0.4 is 5.32 Å². The number of hydrogen-bond donors (Lipinski definition) is 4. The standard InChI is InChI=1S/C42H83NO4/c1-3-5-7-9-11-12-13-14-15-16-17-18-19-20-21-22-23-24-25-26-27-28-30-32-34-36-41(46)40(38-44)43-42(47)37-39(45)35-33-31-29-10-8-6-4-2/h31,33,39-41,44-46H,3-30,32,34-38H2,1-2H3,(H,43,47)/b33-31-. The molecule has 4 N–H and O–H groups in total. The predicted molar refractivity (Wildman–Crippen MR) is 204 cm³/mol. The first-order chi connectivity index (χ1) is 23.0. The molecule has 5 nitrogen and oxygen atoms in total. The number of hydrogen-bond acceptors (Lipinski definition) is 4. The van der Waals surface area contributed by atoms with Gasteiger partial charge < -0.3 is 20.6 Å². The molecule has 3 unspecified atom stereocenters. The molecule has 280 valence electrons. The van der Waals surface area contributed by atoms with Crippen LogP contribution in [0.2, 0.25) is 0 Å². The van der Waals surface area contributed by atoms with Crippen LogP contribution in [0.1, 0.15) is 226 Å². The monoisotopic (exact) mass is 666 g/mol. The molecular weight excluding hydrogens is 582 g/mol. The maximum Gasteiger partial charge on any atom is 0.222 e. The van der Waals surface area contributed by atoms with Crippen LogP contribution in [0.25, 0.3) is 0 Å². The second-order valence-corrected chi connectivity index (χ2v) is 14.6. The van der Waals surface area contributed by atoms with Gasteiger partial charge in [-0.3, -0.25) is 4.79 Å². The van der Waals surface area contributed by atoms with Crippen LogP contribution in [0.15, 0.2) is 12.2 Å². The maximum atomic E-state index is 12.3. The summed E-state index contributed by atoms with van der Waals surface area (Å²) in [4.78, 5) is 12.3. The van der Waals surface area contributed by atoms with Gasteiger partial charge in [0.2, 0.25) is 5.91 Å². The van der Waals surface area contributed by atoms with Gasteiger partial charge in [0.15, 0.2) is 0 Å². The van der Waals surface area contributed by atoms with E-state index < -0.39 is 18.2 Å². The van der Waals surface area contributed by atoms with E-state index in [9.17, 15) is 20.1 Å². The van der Waals surface area contributed by atoms with E-state index in [1.807, 2.05) is 6.08 Å². The molecule has 0 aliphatic heterocycles. The van der Waals surface area contributed by atoms with Crippen molar-refractivity contribution in [3.63, 3.8) is 0 Å². The molecule has 0 radical (unpaired) electrons. The van der Waals surface area contributed by atoms with E-state index in [1.54, 1.807) is 0 Å². The van der Waals surface area contributed by atoms with Crippen molar-refractivity contribution in [2.75, 3.05) is 6.61 Å². The number of aliphatic hydroxyl groups is 3. The highest BCUT2D eigenvalue weighted by Gasteiger charge is 2.21. The molecule has 0 bridgehead atoms. The smallest absolute Gasteiger partial charge is 0.222 e. The molecule has 0 aromatic carbocycles. The average molecular weight is 666 g/mol. The Morgan fingerprint density at radius 3 is 1.28 bits per heavy atom. The fourth-order valence-electron chi connectivity index (χ4n) is 6.58. The lowest BCUT2D eigenvalue weighted by atomic mass is 10.0. The largest absolute Gasteiger partial charge is 0.394 e. The van der Waals surface area contributed by atoms with Crippen LogP contribution >= 0.6 is 0 Å². The normalized spacial score (nSPS) is 13.7. The number of rotatable bonds is 38. The lowest BCUT2D eigenvalue weighted by Gasteiger charge is -2.23. The van der Waals surface area contributed by atoms with Crippen molar-refractivity contribution in [1.29, 1.82) is 0 Å². The van der Waals surface area contributed by atoms with Crippen molar-refractivity contribution >= 4 is 5.91 Å². The average Bonchev–Trinajstić information content (AvgIpc) is 3.06. The number of allylic oxidation sites excluding steroid dienone is 1. The molecule has 0 saturated heterocycles. The number of unbranched alkanes of at least 4 members (excludes halogenated alkanes) is 28. The van der Waals surface area contributed by atoms with E-state index in [2.05, 4.69) is 25.2 Å². The first kappa shape index (κ1) is 46.1. The Hall–Kier alpha value is -0.910. The summed E-state index contributed by atoms with van der Waals surface area (Å²) in [6.07, 6.45) is 43.6. The fourth-order valence-corrected chi connectivity index (χ4v) is 6.58. The molecule has 0 saturated carbocycles. The van der Waals surface area contributed by atoms with Crippen LogP contribution in [0.5, 0.6) is 0 Å². The summed E-state index contributed by atoms with van der Waals surface area (Å²) in [5.74, 6) is -0.318.